The van der Waals surface area contributed by atoms with E-state index < -0.39 is 0 Å². The lowest BCUT2D eigenvalue weighted by atomic mass is 10.1. The first-order valence-corrected chi connectivity index (χ1v) is 9.31. The first-order chi connectivity index (χ1) is 14.1. The Labute approximate surface area is 174 Å². The van der Waals surface area contributed by atoms with Gasteiger partial charge < -0.3 is 16.0 Å². The third-order valence-electron chi connectivity index (χ3n) is 4.33. The van der Waals surface area contributed by atoms with E-state index in [9.17, 15) is 4.79 Å². The summed E-state index contributed by atoms with van der Waals surface area (Å²) in [6.45, 7) is 0.364. The number of halogens is 1. The zero-order valence-electron chi connectivity index (χ0n) is 15.6. The standard InChI is InChI=1S/C22H20ClN5O/c23-19-3-1-2-16(10-19)15-28(22(29)11-20-14-26-8-9-27-20)21-6-4-17(5-7-21)18(12-24)13-25/h1-10,12-14,24H,11,15,25H2/b18-13+,24-12?. The van der Waals surface area contributed by atoms with Crippen LogP contribution in [0.25, 0.3) is 5.57 Å². The molecule has 3 N–H and O–H groups in total. The molecule has 29 heavy (non-hydrogen) atoms. The number of nitrogens with two attached hydrogens (primary N) is 1. The fourth-order valence-electron chi connectivity index (χ4n) is 2.87. The minimum Gasteiger partial charge on any atom is -0.404 e. The maximum atomic E-state index is 13.1. The van der Waals surface area contributed by atoms with Crippen LogP contribution >= 0.6 is 11.6 Å². The van der Waals surface area contributed by atoms with E-state index in [-0.39, 0.29) is 12.3 Å². The molecule has 0 aliphatic heterocycles. The van der Waals surface area contributed by atoms with E-state index in [0.717, 1.165) is 16.8 Å². The van der Waals surface area contributed by atoms with E-state index in [1.165, 1.54) is 12.4 Å². The Morgan fingerprint density at radius 2 is 1.97 bits per heavy atom. The topological polar surface area (TPSA) is 96.0 Å². The predicted molar refractivity (Wildman–Crippen MR) is 116 cm³/mol. The van der Waals surface area contributed by atoms with Crippen LogP contribution in [0, 0.1) is 5.41 Å². The van der Waals surface area contributed by atoms with Crippen LogP contribution < -0.4 is 10.6 Å². The quantitative estimate of drug-likeness (QED) is 0.583. The van der Waals surface area contributed by atoms with Gasteiger partial charge in [-0.25, -0.2) is 0 Å². The summed E-state index contributed by atoms with van der Waals surface area (Å²) < 4.78 is 0. The highest BCUT2D eigenvalue weighted by Gasteiger charge is 2.18. The minimum atomic E-state index is -0.111. The zero-order chi connectivity index (χ0) is 20.6. The maximum Gasteiger partial charge on any atom is 0.233 e. The number of nitrogens with one attached hydrogen (secondary N) is 1. The summed E-state index contributed by atoms with van der Waals surface area (Å²) in [5.74, 6) is -0.111. The smallest absolute Gasteiger partial charge is 0.233 e. The minimum absolute atomic E-state index is 0.111. The van der Waals surface area contributed by atoms with Crippen molar-refractivity contribution in [3.8, 4) is 0 Å². The number of anilines is 1. The van der Waals surface area contributed by atoms with E-state index in [4.69, 9.17) is 22.7 Å². The number of benzene rings is 2. The molecule has 6 nitrogen and oxygen atoms in total. The molecule has 0 bridgehead atoms. The molecule has 0 spiro atoms. The molecule has 0 radical (unpaired) electrons. The summed E-state index contributed by atoms with van der Waals surface area (Å²) in [6, 6.07) is 14.7. The Morgan fingerprint density at radius 1 is 1.17 bits per heavy atom. The van der Waals surface area contributed by atoms with Gasteiger partial charge in [-0.05, 0) is 35.4 Å². The first-order valence-electron chi connectivity index (χ1n) is 8.93. The van der Waals surface area contributed by atoms with E-state index >= 15 is 0 Å². The Hall–Kier alpha value is -3.51. The molecule has 1 heterocycles. The Balaban J connectivity index is 1.91. The predicted octanol–water partition coefficient (Wildman–Crippen LogP) is 3.86. The van der Waals surface area contributed by atoms with Crippen LogP contribution in [0.2, 0.25) is 5.02 Å². The first kappa shape index (κ1) is 20.2. The summed E-state index contributed by atoms with van der Waals surface area (Å²) in [4.78, 5) is 23.0. The number of carbonyl (C=O) groups excluding carboxylic acids is 1. The second-order valence-electron chi connectivity index (χ2n) is 6.30. The van der Waals surface area contributed by atoms with Crippen LogP contribution in [0.15, 0.2) is 73.3 Å². The average Bonchev–Trinajstić information content (AvgIpc) is 2.74. The van der Waals surface area contributed by atoms with Crippen molar-refractivity contribution in [3.05, 3.63) is 95.2 Å². The van der Waals surface area contributed by atoms with Crippen molar-refractivity contribution < 1.29 is 4.79 Å². The number of allylic oxidation sites excluding steroid dienone is 1. The Morgan fingerprint density at radius 3 is 2.59 bits per heavy atom. The van der Waals surface area contributed by atoms with E-state index in [1.54, 1.807) is 29.6 Å². The van der Waals surface area contributed by atoms with E-state index in [0.29, 0.717) is 22.8 Å². The second kappa shape index (κ2) is 9.61. The SMILES string of the molecule is N=C/C(=C\N)c1ccc(N(Cc2cccc(Cl)c2)C(=O)Cc2cnccn2)cc1. The molecule has 2 aromatic carbocycles. The zero-order valence-corrected chi connectivity index (χ0v) is 16.4. The van der Waals surface area contributed by atoms with Gasteiger partial charge in [0.1, 0.15) is 0 Å². The Kier molecular flexibility index (Phi) is 6.71. The summed E-state index contributed by atoms with van der Waals surface area (Å²) in [5, 5.41) is 8.05. The lowest BCUT2D eigenvalue weighted by molar-refractivity contribution is -0.118. The number of carbonyl (C=O) groups is 1. The number of hydrogen-bond acceptors (Lipinski definition) is 5. The molecule has 0 unspecified atom stereocenters. The number of rotatable bonds is 7. The van der Waals surface area contributed by atoms with Gasteiger partial charge in [-0.1, -0.05) is 35.9 Å². The van der Waals surface area contributed by atoms with Gasteiger partial charge in [-0.15, -0.1) is 0 Å². The monoisotopic (exact) mass is 405 g/mol. The average molecular weight is 406 g/mol. The molecule has 146 valence electrons. The van der Waals surface area contributed by atoms with Crippen molar-refractivity contribution in [1.29, 1.82) is 5.41 Å². The van der Waals surface area contributed by atoms with E-state index in [1.807, 2.05) is 42.5 Å². The highest BCUT2D eigenvalue weighted by Crippen LogP contribution is 2.23. The van der Waals surface area contributed by atoms with Crippen LogP contribution in [0.4, 0.5) is 5.69 Å². The van der Waals surface area contributed by atoms with Crippen molar-refractivity contribution in [2.24, 2.45) is 5.73 Å². The molecule has 0 saturated carbocycles. The van der Waals surface area contributed by atoms with Crippen molar-refractivity contribution in [2.75, 3.05) is 4.90 Å². The van der Waals surface area contributed by atoms with Crippen molar-refractivity contribution in [2.45, 2.75) is 13.0 Å². The van der Waals surface area contributed by atoms with Crippen molar-refractivity contribution in [3.63, 3.8) is 0 Å². The lowest BCUT2D eigenvalue weighted by Crippen LogP contribution is -2.32. The van der Waals surface area contributed by atoms with Crippen LogP contribution in [0.5, 0.6) is 0 Å². The number of hydrogen-bond donors (Lipinski definition) is 2. The third-order valence-corrected chi connectivity index (χ3v) is 4.56. The van der Waals surface area contributed by atoms with Gasteiger partial charge in [0.25, 0.3) is 0 Å². The molecule has 3 rings (SSSR count). The molecule has 0 saturated heterocycles. The summed E-state index contributed by atoms with van der Waals surface area (Å²) in [6.07, 6.45) is 7.42. The summed E-state index contributed by atoms with van der Waals surface area (Å²) in [5.41, 5.74) is 9.20. The normalized spacial score (nSPS) is 11.1. The number of nitrogens with zero attached hydrogens (tertiary/aromatic N) is 3. The van der Waals surface area contributed by atoms with Gasteiger partial charge in [-0.3, -0.25) is 14.8 Å². The van der Waals surface area contributed by atoms with Gasteiger partial charge in [0.05, 0.1) is 18.7 Å². The number of aromatic nitrogens is 2. The van der Waals surface area contributed by atoms with Crippen molar-refractivity contribution >= 4 is 35.0 Å². The molecule has 7 heteroatoms. The molecule has 0 aliphatic rings. The highest BCUT2D eigenvalue weighted by molar-refractivity contribution is 6.30. The van der Waals surface area contributed by atoms with Crippen LogP contribution in [0.3, 0.4) is 0 Å². The molecule has 0 atom stereocenters. The second-order valence-corrected chi connectivity index (χ2v) is 6.73. The highest BCUT2D eigenvalue weighted by atomic mass is 35.5. The number of amides is 1. The lowest BCUT2D eigenvalue weighted by Gasteiger charge is -2.23. The van der Waals surface area contributed by atoms with Crippen LogP contribution in [-0.2, 0) is 17.8 Å². The molecule has 1 aromatic heterocycles. The van der Waals surface area contributed by atoms with Crippen molar-refractivity contribution in [1.82, 2.24) is 9.97 Å². The summed E-state index contributed by atoms with van der Waals surface area (Å²) >= 11 is 6.11. The molecule has 0 aliphatic carbocycles. The molecular weight excluding hydrogens is 386 g/mol. The molecule has 3 aromatic rings. The Bertz CT molecular complexity index is 1020. The van der Waals surface area contributed by atoms with Crippen LogP contribution in [0.1, 0.15) is 16.8 Å². The van der Waals surface area contributed by atoms with Gasteiger partial charge in [0.15, 0.2) is 0 Å². The maximum absolute atomic E-state index is 13.1. The van der Waals surface area contributed by atoms with Gasteiger partial charge in [0.2, 0.25) is 5.91 Å². The summed E-state index contributed by atoms with van der Waals surface area (Å²) in [7, 11) is 0. The van der Waals surface area contributed by atoms with Gasteiger partial charge in [-0.2, -0.15) is 0 Å². The van der Waals surface area contributed by atoms with Gasteiger partial charge in [0, 0.05) is 47.3 Å². The largest absolute Gasteiger partial charge is 0.404 e. The van der Waals surface area contributed by atoms with E-state index in [2.05, 4.69) is 9.97 Å². The van der Waals surface area contributed by atoms with Gasteiger partial charge >= 0.3 is 0 Å². The molecule has 0 fully saturated rings. The molecular formula is C22H20ClN5O. The fourth-order valence-corrected chi connectivity index (χ4v) is 3.09. The third kappa shape index (κ3) is 5.27. The van der Waals surface area contributed by atoms with Crippen LogP contribution in [-0.4, -0.2) is 22.1 Å². The molecule has 1 amide bonds. The fraction of sp³-hybridized carbons (Fsp3) is 0.0909.